The molecular formula is C19H26O. The van der Waals surface area contributed by atoms with Crippen LogP contribution in [0.2, 0.25) is 0 Å². The summed E-state index contributed by atoms with van der Waals surface area (Å²) in [5.74, 6) is 2.46. The van der Waals surface area contributed by atoms with Gasteiger partial charge in [-0.1, -0.05) is 38.1 Å². The Kier molecular flexibility index (Phi) is 3.96. The second-order valence-electron chi connectivity index (χ2n) is 7.16. The van der Waals surface area contributed by atoms with E-state index in [9.17, 15) is 4.79 Å². The lowest BCUT2D eigenvalue weighted by molar-refractivity contribution is -0.126. The van der Waals surface area contributed by atoms with Gasteiger partial charge in [0.1, 0.15) is 5.78 Å². The van der Waals surface area contributed by atoms with Gasteiger partial charge in [-0.05, 0) is 61.5 Å². The molecule has 1 nitrogen and oxygen atoms in total. The van der Waals surface area contributed by atoms with Gasteiger partial charge in [0.05, 0.1) is 0 Å². The molecular weight excluding hydrogens is 244 g/mol. The number of carbonyl (C=O) groups excluding carboxylic acids is 1. The SMILES string of the molecule is CC1CC(C)CC(C(=O)C2CCCc3ccccc32)C1. The second kappa shape index (κ2) is 5.71. The molecule has 0 amide bonds. The fourth-order valence-electron chi connectivity index (χ4n) is 4.51. The van der Waals surface area contributed by atoms with Crippen molar-refractivity contribution in [3.8, 4) is 0 Å². The van der Waals surface area contributed by atoms with Crippen LogP contribution in [0, 0.1) is 17.8 Å². The van der Waals surface area contributed by atoms with E-state index < -0.39 is 0 Å². The van der Waals surface area contributed by atoms with Crippen LogP contribution in [0.3, 0.4) is 0 Å². The molecule has 2 aliphatic carbocycles. The lowest BCUT2D eigenvalue weighted by atomic mass is 9.69. The van der Waals surface area contributed by atoms with Crippen LogP contribution in [0.15, 0.2) is 24.3 Å². The maximum atomic E-state index is 13.0. The molecule has 2 aliphatic rings. The predicted molar refractivity (Wildman–Crippen MR) is 82.8 cm³/mol. The zero-order valence-electron chi connectivity index (χ0n) is 12.8. The van der Waals surface area contributed by atoms with Crippen molar-refractivity contribution in [2.24, 2.45) is 17.8 Å². The van der Waals surface area contributed by atoms with Crippen molar-refractivity contribution in [1.82, 2.24) is 0 Å². The van der Waals surface area contributed by atoms with Gasteiger partial charge in [-0.15, -0.1) is 0 Å². The first-order chi connectivity index (χ1) is 9.65. The van der Waals surface area contributed by atoms with Crippen molar-refractivity contribution in [2.45, 2.75) is 58.3 Å². The first-order valence-electron chi connectivity index (χ1n) is 8.26. The summed E-state index contributed by atoms with van der Waals surface area (Å²) in [5.41, 5.74) is 2.74. The number of rotatable bonds is 2. The molecule has 0 aliphatic heterocycles. The number of carbonyl (C=O) groups is 1. The number of fused-ring (bicyclic) bond motifs is 1. The monoisotopic (exact) mass is 270 g/mol. The third-order valence-corrected chi connectivity index (χ3v) is 5.29. The summed E-state index contributed by atoms with van der Waals surface area (Å²) in [5, 5.41) is 0. The van der Waals surface area contributed by atoms with Gasteiger partial charge in [-0.25, -0.2) is 0 Å². The van der Waals surface area contributed by atoms with E-state index in [1.807, 2.05) is 0 Å². The standard InChI is InChI=1S/C19H26O/c1-13-10-14(2)12-16(11-13)19(20)18-9-5-7-15-6-3-4-8-17(15)18/h3-4,6,8,13-14,16,18H,5,7,9-12H2,1-2H3. The van der Waals surface area contributed by atoms with E-state index in [0.717, 1.165) is 25.7 Å². The van der Waals surface area contributed by atoms with Crippen LogP contribution in [-0.4, -0.2) is 5.78 Å². The lowest BCUT2D eigenvalue weighted by Crippen LogP contribution is -2.31. The highest BCUT2D eigenvalue weighted by Gasteiger charge is 2.35. The van der Waals surface area contributed by atoms with Gasteiger partial charge in [0, 0.05) is 11.8 Å². The molecule has 0 radical (unpaired) electrons. The minimum absolute atomic E-state index is 0.183. The summed E-state index contributed by atoms with van der Waals surface area (Å²) in [4.78, 5) is 13.0. The van der Waals surface area contributed by atoms with Crippen LogP contribution < -0.4 is 0 Å². The van der Waals surface area contributed by atoms with Gasteiger partial charge in [0.15, 0.2) is 0 Å². The highest BCUT2D eigenvalue weighted by atomic mass is 16.1. The Hall–Kier alpha value is -1.11. The van der Waals surface area contributed by atoms with E-state index in [1.165, 1.54) is 24.0 Å². The van der Waals surface area contributed by atoms with Crippen LogP contribution in [0.1, 0.15) is 63.0 Å². The fraction of sp³-hybridized carbons (Fsp3) is 0.632. The Labute approximate surface area is 122 Å². The minimum Gasteiger partial charge on any atom is -0.299 e. The van der Waals surface area contributed by atoms with E-state index >= 15 is 0 Å². The Morgan fingerprint density at radius 3 is 2.50 bits per heavy atom. The first-order valence-corrected chi connectivity index (χ1v) is 8.26. The molecule has 0 aromatic heterocycles. The third-order valence-electron chi connectivity index (χ3n) is 5.29. The quantitative estimate of drug-likeness (QED) is 0.758. The molecule has 1 aromatic carbocycles. The van der Waals surface area contributed by atoms with Crippen molar-refractivity contribution in [2.75, 3.05) is 0 Å². The summed E-state index contributed by atoms with van der Waals surface area (Å²) in [7, 11) is 0. The largest absolute Gasteiger partial charge is 0.299 e. The molecule has 0 saturated heterocycles. The summed E-state index contributed by atoms with van der Waals surface area (Å²) in [6, 6.07) is 8.60. The summed E-state index contributed by atoms with van der Waals surface area (Å²) >= 11 is 0. The van der Waals surface area contributed by atoms with E-state index in [2.05, 4.69) is 38.1 Å². The van der Waals surface area contributed by atoms with Crippen LogP contribution in [0.5, 0.6) is 0 Å². The molecule has 0 spiro atoms. The molecule has 0 N–H and O–H groups in total. The molecule has 3 unspecified atom stereocenters. The highest BCUT2D eigenvalue weighted by molar-refractivity contribution is 5.88. The van der Waals surface area contributed by atoms with Gasteiger partial charge in [0.25, 0.3) is 0 Å². The molecule has 1 saturated carbocycles. The number of aryl methyl sites for hydroxylation is 1. The number of hydrogen-bond acceptors (Lipinski definition) is 1. The number of Topliss-reactive ketones (excluding diaryl/α,β-unsaturated/α-hetero) is 1. The van der Waals surface area contributed by atoms with Crippen LogP contribution >= 0.6 is 0 Å². The summed E-state index contributed by atoms with van der Waals surface area (Å²) in [6.07, 6.45) is 6.91. The highest BCUT2D eigenvalue weighted by Crippen LogP contribution is 2.40. The van der Waals surface area contributed by atoms with Gasteiger partial charge in [-0.3, -0.25) is 4.79 Å². The van der Waals surface area contributed by atoms with E-state index in [0.29, 0.717) is 23.5 Å². The first kappa shape index (κ1) is 13.9. The number of benzene rings is 1. The normalized spacial score (nSPS) is 33.5. The van der Waals surface area contributed by atoms with Gasteiger partial charge in [0.2, 0.25) is 0 Å². The van der Waals surface area contributed by atoms with Crippen molar-refractivity contribution in [3.63, 3.8) is 0 Å². The van der Waals surface area contributed by atoms with Crippen LogP contribution in [-0.2, 0) is 11.2 Å². The molecule has 3 atom stereocenters. The molecule has 1 fully saturated rings. The fourth-order valence-corrected chi connectivity index (χ4v) is 4.51. The second-order valence-corrected chi connectivity index (χ2v) is 7.16. The van der Waals surface area contributed by atoms with Crippen LogP contribution in [0.25, 0.3) is 0 Å². The van der Waals surface area contributed by atoms with Gasteiger partial charge >= 0.3 is 0 Å². The van der Waals surface area contributed by atoms with Gasteiger partial charge < -0.3 is 0 Å². The van der Waals surface area contributed by atoms with Crippen molar-refractivity contribution < 1.29 is 4.79 Å². The third kappa shape index (κ3) is 2.68. The Bertz CT molecular complexity index is 480. The maximum absolute atomic E-state index is 13.0. The van der Waals surface area contributed by atoms with Crippen LogP contribution in [0.4, 0.5) is 0 Å². The minimum atomic E-state index is 0.183. The van der Waals surface area contributed by atoms with E-state index in [4.69, 9.17) is 0 Å². The molecule has 20 heavy (non-hydrogen) atoms. The molecule has 0 bridgehead atoms. The molecule has 1 heteroatoms. The summed E-state index contributed by atoms with van der Waals surface area (Å²) in [6.45, 7) is 4.62. The Morgan fingerprint density at radius 1 is 1.05 bits per heavy atom. The number of hydrogen-bond donors (Lipinski definition) is 0. The van der Waals surface area contributed by atoms with Gasteiger partial charge in [-0.2, -0.15) is 0 Å². The Morgan fingerprint density at radius 2 is 1.75 bits per heavy atom. The molecule has 3 rings (SSSR count). The van der Waals surface area contributed by atoms with E-state index in [-0.39, 0.29) is 5.92 Å². The van der Waals surface area contributed by atoms with Crippen molar-refractivity contribution in [1.29, 1.82) is 0 Å². The van der Waals surface area contributed by atoms with E-state index in [1.54, 1.807) is 0 Å². The van der Waals surface area contributed by atoms with Crippen molar-refractivity contribution >= 4 is 5.78 Å². The molecule has 0 heterocycles. The average molecular weight is 270 g/mol. The van der Waals surface area contributed by atoms with Crippen molar-refractivity contribution in [3.05, 3.63) is 35.4 Å². The Balaban J connectivity index is 1.81. The summed E-state index contributed by atoms with van der Waals surface area (Å²) < 4.78 is 0. The predicted octanol–water partition coefficient (Wildman–Crippen LogP) is 4.75. The maximum Gasteiger partial charge on any atom is 0.143 e. The zero-order valence-corrected chi connectivity index (χ0v) is 12.8. The topological polar surface area (TPSA) is 17.1 Å². The zero-order chi connectivity index (χ0) is 14.1. The smallest absolute Gasteiger partial charge is 0.143 e. The number of ketones is 1. The molecule has 108 valence electrons. The average Bonchev–Trinajstić information content (AvgIpc) is 2.45. The lowest BCUT2D eigenvalue weighted by Gasteiger charge is -2.34. The molecule has 1 aromatic rings.